The number of nitrogens with zero attached hydrogens (tertiary/aromatic N) is 5. The van der Waals surface area contributed by atoms with Gasteiger partial charge in [0.1, 0.15) is 11.6 Å². The highest BCUT2D eigenvalue weighted by Crippen LogP contribution is 2.32. The molecule has 2 aromatic heterocycles. The van der Waals surface area contributed by atoms with Crippen LogP contribution in [0.3, 0.4) is 0 Å². The molecule has 1 N–H and O–H groups in total. The quantitative estimate of drug-likeness (QED) is 0.410. The lowest BCUT2D eigenvalue weighted by molar-refractivity contribution is -0.129. The Morgan fingerprint density at radius 2 is 2.09 bits per heavy atom. The number of amides is 1. The SMILES string of the molecule is C=C(CCCOc1cnc(-c2cn[nH]c2)cn1)C(=O)N1N=CCC1c1cc(F)c(C)cc1F. The van der Waals surface area contributed by atoms with Crippen LogP contribution in [0.4, 0.5) is 8.78 Å². The number of carbonyl (C=O) groups excluding carboxylic acids is 1. The van der Waals surface area contributed by atoms with Crippen LogP contribution in [-0.4, -0.2) is 43.9 Å². The van der Waals surface area contributed by atoms with Gasteiger partial charge in [0, 0.05) is 35.5 Å². The predicted molar refractivity (Wildman–Crippen MR) is 117 cm³/mol. The van der Waals surface area contributed by atoms with Crippen molar-refractivity contribution in [2.75, 3.05) is 6.61 Å². The van der Waals surface area contributed by atoms with Gasteiger partial charge in [0.25, 0.3) is 5.91 Å². The highest BCUT2D eigenvalue weighted by atomic mass is 19.1. The zero-order chi connectivity index (χ0) is 23.4. The summed E-state index contributed by atoms with van der Waals surface area (Å²) < 4.78 is 34.0. The van der Waals surface area contributed by atoms with Crippen molar-refractivity contribution < 1.29 is 18.3 Å². The molecular formula is C23H22F2N6O2. The monoisotopic (exact) mass is 452 g/mol. The van der Waals surface area contributed by atoms with Crippen molar-refractivity contribution in [2.24, 2.45) is 5.10 Å². The van der Waals surface area contributed by atoms with E-state index in [0.717, 1.165) is 22.7 Å². The van der Waals surface area contributed by atoms with Gasteiger partial charge in [0.2, 0.25) is 5.88 Å². The minimum atomic E-state index is -0.704. The van der Waals surface area contributed by atoms with E-state index in [-0.39, 0.29) is 11.1 Å². The summed E-state index contributed by atoms with van der Waals surface area (Å²) in [5, 5.41) is 11.8. The summed E-state index contributed by atoms with van der Waals surface area (Å²) in [4.78, 5) is 21.3. The highest BCUT2D eigenvalue weighted by Gasteiger charge is 2.31. The summed E-state index contributed by atoms with van der Waals surface area (Å²) >= 11 is 0. The number of aromatic amines is 1. The molecule has 0 bridgehead atoms. The fraction of sp³-hybridized carbons (Fsp3) is 0.261. The molecule has 170 valence electrons. The predicted octanol–water partition coefficient (Wildman–Crippen LogP) is 4.13. The van der Waals surface area contributed by atoms with Crippen molar-refractivity contribution in [3.8, 4) is 17.1 Å². The second-order valence-electron chi connectivity index (χ2n) is 7.60. The number of hydrazone groups is 1. The lowest BCUT2D eigenvalue weighted by Gasteiger charge is -2.23. The molecule has 1 atom stereocenters. The number of rotatable bonds is 8. The van der Waals surface area contributed by atoms with Gasteiger partial charge in [0.15, 0.2) is 0 Å². The Morgan fingerprint density at radius 3 is 2.82 bits per heavy atom. The maximum atomic E-state index is 14.4. The number of hydrogen-bond donors (Lipinski definition) is 1. The first kappa shape index (κ1) is 22.3. The van der Waals surface area contributed by atoms with Gasteiger partial charge in [-0.3, -0.25) is 9.89 Å². The van der Waals surface area contributed by atoms with Crippen LogP contribution in [-0.2, 0) is 4.79 Å². The number of benzene rings is 1. The van der Waals surface area contributed by atoms with Gasteiger partial charge in [-0.05, 0) is 37.5 Å². The van der Waals surface area contributed by atoms with Crippen LogP contribution in [0.2, 0.25) is 0 Å². The summed E-state index contributed by atoms with van der Waals surface area (Å²) in [6.07, 6.45) is 9.13. The highest BCUT2D eigenvalue weighted by molar-refractivity contribution is 5.94. The molecule has 3 aromatic rings. The van der Waals surface area contributed by atoms with E-state index < -0.39 is 23.6 Å². The normalized spacial score (nSPS) is 15.1. The van der Waals surface area contributed by atoms with E-state index in [0.29, 0.717) is 43.0 Å². The van der Waals surface area contributed by atoms with Gasteiger partial charge >= 0.3 is 0 Å². The Hall–Kier alpha value is -3.95. The third-order valence-electron chi connectivity index (χ3n) is 5.27. The smallest absolute Gasteiger partial charge is 0.269 e. The van der Waals surface area contributed by atoms with Gasteiger partial charge in [-0.1, -0.05) is 6.58 Å². The Bertz CT molecular complexity index is 1180. The summed E-state index contributed by atoms with van der Waals surface area (Å²) in [5.74, 6) is -1.16. The lowest BCUT2D eigenvalue weighted by Crippen LogP contribution is -2.29. The Balaban J connectivity index is 1.29. The van der Waals surface area contributed by atoms with E-state index in [1.54, 1.807) is 18.6 Å². The minimum absolute atomic E-state index is 0.0949. The van der Waals surface area contributed by atoms with Crippen molar-refractivity contribution in [3.05, 3.63) is 71.8 Å². The molecule has 1 aliphatic heterocycles. The third-order valence-corrected chi connectivity index (χ3v) is 5.27. The molecule has 33 heavy (non-hydrogen) atoms. The fourth-order valence-electron chi connectivity index (χ4n) is 3.45. The number of nitrogens with one attached hydrogen (secondary N) is 1. The van der Waals surface area contributed by atoms with Crippen molar-refractivity contribution in [1.82, 2.24) is 25.2 Å². The molecule has 1 aliphatic rings. The van der Waals surface area contributed by atoms with Crippen LogP contribution >= 0.6 is 0 Å². The molecule has 4 rings (SSSR count). The minimum Gasteiger partial charge on any atom is -0.477 e. The maximum Gasteiger partial charge on any atom is 0.269 e. The van der Waals surface area contributed by atoms with Gasteiger partial charge in [-0.15, -0.1) is 0 Å². The van der Waals surface area contributed by atoms with Crippen LogP contribution in [0.1, 0.15) is 36.4 Å². The number of ether oxygens (including phenoxy) is 1. The Morgan fingerprint density at radius 1 is 1.24 bits per heavy atom. The van der Waals surface area contributed by atoms with Crippen molar-refractivity contribution in [1.29, 1.82) is 0 Å². The van der Waals surface area contributed by atoms with Crippen LogP contribution in [0.25, 0.3) is 11.3 Å². The Labute approximate surface area is 189 Å². The molecule has 8 nitrogen and oxygen atoms in total. The van der Waals surface area contributed by atoms with E-state index in [4.69, 9.17) is 4.74 Å². The first-order valence-electron chi connectivity index (χ1n) is 10.4. The zero-order valence-electron chi connectivity index (χ0n) is 18.0. The molecule has 1 aromatic carbocycles. The third kappa shape index (κ3) is 4.94. The molecule has 10 heteroatoms. The largest absolute Gasteiger partial charge is 0.477 e. The van der Waals surface area contributed by atoms with Gasteiger partial charge < -0.3 is 4.74 Å². The Kier molecular flexibility index (Phi) is 6.53. The molecule has 0 saturated heterocycles. The fourth-order valence-corrected chi connectivity index (χ4v) is 3.45. The second-order valence-corrected chi connectivity index (χ2v) is 7.60. The summed E-state index contributed by atoms with van der Waals surface area (Å²) in [7, 11) is 0. The molecule has 0 aliphatic carbocycles. The topological polar surface area (TPSA) is 96.4 Å². The van der Waals surface area contributed by atoms with E-state index in [1.165, 1.54) is 19.3 Å². The number of H-pyrrole nitrogens is 1. The number of halogens is 2. The second kappa shape index (κ2) is 9.68. The molecule has 0 radical (unpaired) electrons. The molecule has 0 fully saturated rings. The molecule has 0 spiro atoms. The number of aryl methyl sites for hydroxylation is 1. The van der Waals surface area contributed by atoms with Gasteiger partial charge in [0.05, 0.1) is 36.9 Å². The van der Waals surface area contributed by atoms with E-state index >= 15 is 0 Å². The average molecular weight is 452 g/mol. The van der Waals surface area contributed by atoms with Crippen LogP contribution in [0.5, 0.6) is 5.88 Å². The van der Waals surface area contributed by atoms with Crippen LogP contribution in [0, 0.1) is 18.6 Å². The number of hydrogen-bond acceptors (Lipinski definition) is 6. The van der Waals surface area contributed by atoms with E-state index in [1.807, 2.05) is 0 Å². The molecule has 3 heterocycles. The first-order chi connectivity index (χ1) is 15.9. The lowest BCUT2D eigenvalue weighted by atomic mass is 10.0. The molecule has 1 amide bonds. The summed E-state index contributed by atoms with van der Waals surface area (Å²) in [5.41, 5.74) is 2.09. The summed E-state index contributed by atoms with van der Waals surface area (Å²) in [6.45, 7) is 5.63. The van der Waals surface area contributed by atoms with E-state index in [9.17, 15) is 13.6 Å². The summed E-state index contributed by atoms with van der Waals surface area (Å²) in [6, 6.07) is 1.55. The standard InChI is InChI=1S/C23H22F2N6O2/c1-14(4-3-7-33-22-13-26-20(12-27-22)16-10-28-29-11-16)23(32)31-21(5-6-30-31)17-9-18(24)15(2)8-19(17)25/h6,8-13,21H,1,3-5,7H2,2H3,(H,28,29). The average Bonchev–Trinajstić information content (AvgIpc) is 3.51. The van der Waals surface area contributed by atoms with E-state index in [2.05, 4.69) is 31.8 Å². The van der Waals surface area contributed by atoms with Crippen molar-refractivity contribution in [2.45, 2.75) is 32.2 Å². The number of aromatic nitrogens is 4. The molecular weight excluding hydrogens is 430 g/mol. The van der Waals surface area contributed by atoms with Crippen LogP contribution in [0.15, 0.2) is 54.2 Å². The van der Waals surface area contributed by atoms with Crippen molar-refractivity contribution in [3.63, 3.8) is 0 Å². The van der Waals surface area contributed by atoms with Gasteiger partial charge in [-0.2, -0.15) is 10.2 Å². The van der Waals surface area contributed by atoms with Gasteiger partial charge in [-0.25, -0.2) is 23.8 Å². The molecule has 0 saturated carbocycles. The van der Waals surface area contributed by atoms with Crippen LogP contribution < -0.4 is 4.74 Å². The zero-order valence-corrected chi connectivity index (χ0v) is 18.0. The molecule has 1 unspecified atom stereocenters. The first-order valence-corrected chi connectivity index (χ1v) is 10.4. The maximum absolute atomic E-state index is 14.4. The number of carbonyl (C=O) groups is 1. The van der Waals surface area contributed by atoms with Crippen molar-refractivity contribution >= 4 is 12.1 Å².